The van der Waals surface area contributed by atoms with Crippen molar-refractivity contribution < 1.29 is 33.0 Å². The molecular weight excluding hydrogens is 252 g/mol. The first kappa shape index (κ1) is 16.3. The molecule has 0 unspecified atom stereocenters. The molecule has 0 fully saturated rings. The van der Waals surface area contributed by atoms with Crippen molar-refractivity contribution in [3.63, 3.8) is 0 Å². The van der Waals surface area contributed by atoms with Crippen LogP contribution in [0.3, 0.4) is 0 Å². The SMILES string of the molecule is CC(C)(C)OC(=O)C[C@H](NC(=O)C(F)F)C(=O)O. The van der Waals surface area contributed by atoms with Gasteiger partial charge < -0.3 is 15.2 Å². The maximum Gasteiger partial charge on any atom is 0.326 e. The molecule has 1 atom stereocenters. The molecule has 0 spiro atoms. The molecule has 0 saturated carbocycles. The molecule has 18 heavy (non-hydrogen) atoms. The molecular formula is C10H15F2NO5. The standard InChI is InChI=1S/C10H15F2NO5/c1-10(2,3)18-6(14)4-5(9(16)17)13-8(15)7(11)12/h5,7H,4H2,1-3H3,(H,13,15)(H,16,17)/t5-/m0/s1. The summed E-state index contributed by atoms with van der Waals surface area (Å²) in [5, 5.41) is 10.2. The Balaban J connectivity index is 4.51. The topological polar surface area (TPSA) is 92.7 Å². The number of nitrogens with one attached hydrogen (secondary N) is 1. The van der Waals surface area contributed by atoms with E-state index in [0.717, 1.165) is 0 Å². The lowest BCUT2D eigenvalue weighted by Gasteiger charge is -2.21. The molecule has 1 amide bonds. The Kier molecular flexibility index (Phi) is 5.67. The van der Waals surface area contributed by atoms with E-state index in [0.29, 0.717) is 0 Å². The zero-order chi connectivity index (χ0) is 14.5. The molecule has 0 aromatic rings. The fourth-order valence-corrected chi connectivity index (χ4v) is 0.985. The van der Waals surface area contributed by atoms with Crippen LogP contribution in [0, 0.1) is 0 Å². The number of rotatable bonds is 5. The lowest BCUT2D eigenvalue weighted by molar-refractivity contribution is -0.159. The summed E-state index contributed by atoms with van der Waals surface area (Å²) < 4.78 is 28.7. The average Bonchev–Trinajstić information content (AvgIpc) is 2.12. The minimum Gasteiger partial charge on any atom is -0.480 e. The van der Waals surface area contributed by atoms with E-state index in [1.165, 1.54) is 0 Å². The molecule has 0 bridgehead atoms. The summed E-state index contributed by atoms with van der Waals surface area (Å²) in [4.78, 5) is 32.6. The average molecular weight is 267 g/mol. The number of ether oxygens (including phenoxy) is 1. The Morgan fingerprint density at radius 1 is 1.28 bits per heavy atom. The van der Waals surface area contributed by atoms with Gasteiger partial charge in [0.2, 0.25) is 0 Å². The fourth-order valence-electron chi connectivity index (χ4n) is 0.985. The molecule has 0 aromatic carbocycles. The van der Waals surface area contributed by atoms with Crippen LogP contribution in [0.25, 0.3) is 0 Å². The third-order valence-electron chi connectivity index (χ3n) is 1.60. The Bertz CT molecular complexity index is 338. The molecule has 8 heteroatoms. The lowest BCUT2D eigenvalue weighted by atomic mass is 10.1. The number of alkyl halides is 2. The van der Waals surface area contributed by atoms with Gasteiger partial charge in [-0.25, -0.2) is 4.79 Å². The number of aliphatic carboxylic acids is 1. The van der Waals surface area contributed by atoms with Crippen molar-refractivity contribution in [3.05, 3.63) is 0 Å². The van der Waals surface area contributed by atoms with Crippen LogP contribution in [-0.4, -0.2) is 41.0 Å². The molecule has 0 heterocycles. The number of halogens is 2. The molecule has 6 nitrogen and oxygen atoms in total. The van der Waals surface area contributed by atoms with Crippen LogP contribution in [0.15, 0.2) is 0 Å². The lowest BCUT2D eigenvalue weighted by Crippen LogP contribution is -2.45. The van der Waals surface area contributed by atoms with E-state index in [1.807, 2.05) is 0 Å². The molecule has 104 valence electrons. The number of carbonyl (C=O) groups is 3. The van der Waals surface area contributed by atoms with E-state index in [4.69, 9.17) is 9.84 Å². The third kappa shape index (κ3) is 6.77. The molecule has 0 saturated heterocycles. The number of esters is 1. The van der Waals surface area contributed by atoms with Gasteiger partial charge in [0.1, 0.15) is 11.6 Å². The number of carboxylic acid groups (broad SMARTS) is 1. The molecule has 0 aliphatic rings. The van der Waals surface area contributed by atoms with Crippen molar-refractivity contribution in [1.82, 2.24) is 5.32 Å². The van der Waals surface area contributed by atoms with Gasteiger partial charge in [-0.05, 0) is 20.8 Å². The van der Waals surface area contributed by atoms with Gasteiger partial charge in [-0.15, -0.1) is 0 Å². The highest BCUT2D eigenvalue weighted by atomic mass is 19.3. The van der Waals surface area contributed by atoms with Gasteiger partial charge >= 0.3 is 18.4 Å². The number of carboxylic acids is 1. The molecule has 0 aliphatic carbocycles. The Morgan fingerprint density at radius 3 is 2.11 bits per heavy atom. The summed E-state index contributed by atoms with van der Waals surface area (Å²) >= 11 is 0. The highest BCUT2D eigenvalue weighted by Crippen LogP contribution is 2.09. The van der Waals surface area contributed by atoms with Gasteiger partial charge in [0.05, 0.1) is 6.42 Å². The van der Waals surface area contributed by atoms with Crippen LogP contribution in [-0.2, 0) is 19.1 Å². The maximum atomic E-state index is 11.9. The van der Waals surface area contributed by atoms with Gasteiger partial charge in [-0.1, -0.05) is 0 Å². The van der Waals surface area contributed by atoms with Gasteiger partial charge in [-0.3, -0.25) is 9.59 Å². The van der Waals surface area contributed by atoms with Gasteiger partial charge in [0.15, 0.2) is 0 Å². The first-order valence-electron chi connectivity index (χ1n) is 5.06. The van der Waals surface area contributed by atoms with Crippen LogP contribution >= 0.6 is 0 Å². The molecule has 0 radical (unpaired) electrons. The van der Waals surface area contributed by atoms with E-state index in [2.05, 4.69) is 0 Å². The van der Waals surface area contributed by atoms with Gasteiger partial charge in [0, 0.05) is 0 Å². The second-order valence-electron chi connectivity index (χ2n) is 4.49. The highest BCUT2D eigenvalue weighted by molar-refractivity contribution is 5.88. The van der Waals surface area contributed by atoms with Crippen molar-refractivity contribution in [2.45, 2.75) is 45.3 Å². The zero-order valence-corrected chi connectivity index (χ0v) is 10.2. The largest absolute Gasteiger partial charge is 0.480 e. The molecule has 0 aliphatic heterocycles. The summed E-state index contributed by atoms with van der Waals surface area (Å²) in [7, 11) is 0. The van der Waals surface area contributed by atoms with Crippen molar-refractivity contribution in [1.29, 1.82) is 0 Å². The van der Waals surface area contributed by atoms with E-state index >= 15 is 0 Å². The number of amides is 1. The Labute approximate surface area is 102 Å². The molecule has 2 N–H and O–H groups in total. The third-order valence-corrected chi connectivity index (χ3v) is 1.60. The zero-order valence-electron chi connectivity index (χ0n) is 10.2. The Hall–Kier alpha value is -1.73. The second-order valence-corrected chi connectivity index (χ2v) is 4.49. The Morgan fingerprint density at radius 2 is 1.78 bits per heavy atom. The summed E-state index contributed by atoms with van der Waals surface area (Å²) in [5.41, 5.74) is -0.827. The van der Waals surface area contributed by atoms with E-state index in [9.17, 15) is 23.2 Å². The summed E-state index contributed by atoms with van der Waals surface area (Å²) in [6.07, 6.45) is -4.06. The minimum absolute atomic E-state index is 0.717. The number of carbonyl (C=O) groups excluding carboxylic acids is 2. The highest BCUT2D eigenvalue weighted by Gasteiger charge is 2.28. The smallest absolute Gasteiger partial charge is 0.326 e. The van der Waals surface area contributed by atoms with E-state index in [-0.39, 0.29) is 0 Å². The van der Waals surface area contributed by atoms with Crippen LogP contribution in [0.2, 0.25) is 0 Å². The number of hydrogen-bond donors (Lipinski definition) is 2. The van der Waals surface area contributed by atoms with Crippen molar-refractivity contribution in [3.8, 4) is 0 Å². The minimum atomic E-state index is -3.34. The molecule has 0 rings (SSSR count). The van der Waals surface area contributed by atoms with Crippen LogP contribution in [0.5, 0.6) is 0 Å². The van der Waals surface area contributed by atoms with Crippen LogP contribution in [0.1, 0.15) is 27.2 Å². The van der Waals surface area contributed by atoms with Crippen molar-refractivity contribution in [2.24, 2.45) is 0 Å². The second kappa shape index (κ2) is 6.27. The van der Waals surface area contributed by atoms with Crippen LogP contribution in [0.4, 0.5) is 8.78 Å². The van der Waals surface area contributed by atoms with Crippen molar-refractivity contribution >= 4 is 17.8 Å². The quantitative estimate of drug-likeness (QED) is 0.710. The van der Waals surface area contributed by atoms with Gasteiger partial charge in [0.25, 0.3) is 5.91 Å². The predicted molar refractivity (Wildman–Crippen MR) is 56.0 cm³/mol. The molecule has 0 aromatic heterocycles. The normalized spacial score (nSPS) is 13.0. The first-order valence-corrected chi connectivity index (χ1v) is 5.06. The maximum absolute atomic E-state index is 11.9. The first-order chi connectivity index (χ1) is 8.03. The summed E-state index contributed by atoms with van der Waals surface area (Å²) in [6, 6.07) is -1.73. The van der Waals surface area contributed by atoms with E-state index < -0.39 is 42.3 Å². The number of hydrogen-bond acceptors (Lipinski definition) is 4. The predicted octanol–water partition coefficient (Wildman–Crippen LogP) is 0.553. The van der Waals surface area contributed by atoms with Gasteiger partial charge in [-0.2, -0.15) is 8.78 Å². The summed E-state index contributed by atoms with van der Waals surface area (Å²) in [5.74, 6) is -4.23. The fraction of sp³-hybridized carbons (Fsp3) is 0.700. The van der Waals surface area contributed by atoms with Crippen molar-refractivity contribution in [2.75, 3.05) is 0 Å². The monoisotopic (exact) mass is 267 g/mol. The van der Waals surface area contributed by atoms with Crippen LogP contribution < -0.4 is 5.32 Å². The summed E-state index contributed by atoms with van der Waals surface area (Å²) in [6.45, 7) is 4.70. The van der Waals surface area contributed by atoms with E-state index in [1.54, 1.807) is 26.1 Å².